The van der Waals surface area contributed by atoms with Gasteiger partial charge in [-0.15, -0.1) is 34.0 Å². The predicted octanol–water partition coefficient (Wildman–Crippen LogP) is 13.8. The van der Waals surface area contributed by atoms with E-state index in [1.54, 1.807) is 0 Å². The molecule has 0 radical (unpaired) electrons. The lowest BCUT2D eigenvalue weighted by molar-refractivity contribution is 0.636. The summed E-state index contributed by atoms with van der Waals surface area (Å²) in [6.07, 6.45) is 0. The van der Waals surface area contributed by atoms with Gasteiger partial charge in [0.1, 0.15) is 0 Å². The van der Waals surface area contributed by atoms with Crippen LogP contribution in [0.1, 0.15) is 74.9 Å². The third-order valence-corrected chi connectivity index (χ3v) is 14.4. The Hall–Kier alpha value is -4.02. The van der Waals surface area contributed by atoms with Gasteiger partial charge in [0.25, 0.3) is 0 Å². The van der Waals surface area contributed by atoms with Crippen LogP contribution in [0.25, 0.3) is 64.7 Å². The van der Waals surface area contributed by atoms with Crippen molar-refractivity contribution < 1.29 is 0 Å². The minimum Gasteiger partial charge on any atom is -0.144 e. The molecular formula is C45H36S3. The van der Waals surface area contributed by atoms with Crippen molar-refractivity contribution >= 4 is 34.0 Å². The van der Waals surface area contributed by atoms with E-state index in [2.05, 4.69) is 149 Å². The molecule has 3 heteroatoms. The number of thiophene rings is 3. The smallest absolute Gasteiger partial charge is 0.0342 e. The van der Waals surface area contributed by atoms with Crippen molar-refractivity contribution in [3.8, 4) is 64.7 Å². The molecular weight excluding hydrogens is 637 g/mol. The fourth-order valence-electron chi connectivity index (χ4n) is 9.51. The summed E-state index contributed by atoms with van der Waals surface area (Å²) in [5.41, 5.74) is 21.1. The lowest BCUT2D eigenvalue weighted by atomic mass is 9.71. The summed E-state index contributed by atoms with van der Waals surface area (Å²) in [6.45, 7) is 14.9. The van der Waals surface area contributed by atoms with Crippen molar-refractivity contribution in [3.63, 3.8) is 0 Å². The molecule has 0 atom stereocenters. The molecule has 0 amide bonds. The first-order chi connectivity index (χ1) is 23.1. The molecule has 3 aliphatic carbocycles. The van der Waals surface area contributed by atoms with E-state index in [-0.39, 0.29) is 16.2 Å². The third-order valence-electron chi connectivity index (χ3n) is 11.7. The summed E-state index contributed by atoms with van der Waals surface area (Å²) in [5, 5.41) is 6.58. The van der Waals surface area contributed by atoms with Crippen LogP contribution < -0.4 is 0 Å². The van der Waals surface area contributed by atoms with Crippen LogP contribution in [0, 0.1) is 0 Å². The molecule has 0 spiro atoms. The summed E-state index contributed by atoms with van der Waals surface area (Å²) in [4.78, 5) is 3.99. The van der Waals surface area contributed by atoms with E-state index in [0.29, 0.717) is 0 Å². The lowest BCUT2D eigenvalue weighted by Gasteiger charge is -2.31. The Morgan fingerprint density at radius 1 is 0.375 bits per heavy atom. The number of benzene rings is 4. The normalized spacial score (nSPS) is 16.6. The van der Waals surface area contributed by atoms with E-state index in [0.717, 1.165) is 0 Å². The molecule has 0 unspecified atom stereocenters. The first kappa shape index (κ1) is 28.9. The molecule has 234 valence electrons. The Labute approximate surface area is 295 Å². The van der Waals surface area contributed by atoms with Gasteiger partial charge in [-0.2, -0.15) is 0 Å². The predicted molar refractivity (Wildman–Crippen MR) is 209 cm³/mol. The average molecular weight is 673 g/mol. The molecule has 7 aromatic rings. The second kappa shape index (κ2) is 9.57. The van der Waals surface area contributed by atoms with Gasteiger partial charge in [0, 0.05) is 30.9 Å². The third kappa shape index (κ3) is 3.60. The maximum atomic E-state index is 2.51. The highest BCUT2D eigenvalue weighted by Gasteiger charge is 2.52. The van der Waals surface area contributed by atoms with Gasteiger partial charge in [0.15, 0.2) is 0 Å². The van der Waals surface area contributed by atoms with E-state index in [1.165, 1.54) is 98.1 Å². The van der Waals surface area contributed by atoms with Gasteiger partial charge in [-0.25, -0.2) is 0 Å². The van der Waals surface area contributed by atoms with Crippen LogP contribution in [0.4, 0.5) is 0 Å². The summed E-state index contributed by atoms with van der Waals surface area (Å²) in [7, 11) is 0. The van der Waals surface area contributed by atoms with Crippen molar-refractivity contribution in [1.82, 2.24) is 0 Å². The average Bonchev–Trinajstić information content (AvgIpc) is 3.93. The highest BCUT2D eigenvalue weighted by Crippen LogP contribution is 2.68. The zero-order valence-electron chi connectivity index (χ0n) is 28.1. The fraction of sp³-hybridized carbons (Fsp3) is 0.200. The molecule has 3 heterocycles. The molecule has 0 fully saturated rings. The summed E-state index contributed by atoms with van der Waals surface area (Å²) in [6, 6.07) is 35.2. The highest BCUT2D eigenvalue weighted by atomic mass is 32.1. The van der Waals surface area contributed by atoms with Gasteiger partial charge >= 0.3 is 0 Å². The van der Waals surface area contributed by atoms with Crippen LogP contribution in [0.15, 0.2) is 107 Å². The van der Waals surface area contributed by atoms with Gasteiger partial charge in [-0.3, -0.25) is 0 Å². The summed E-state index contributed by atoms with van der Waals surface area (Å²) < 4.78 is 0. The van der Waals surface area contributed by atoms with Gasteiger partial charge in [0.2, 0.25) is 0 Å². The topological polar surface area (TPSA) is 0 Å². The molecule has 3 aromatic heterocycles. The van der Waals surface area contributed by atoms with Gasteiger partial charge in [0.05, 0.1) is 0 Å². The van der Waals surface area contributed by atoms with Gasteiger partial charge < -0.3 is 0 Å². The van der Waals surface area contributed by atoms with Crippen molar-refractivity contribution in [1.29, 1.82) is 0 Å². The molecule has 0 N–H and O–H groups in total. The molecule has 10 rings (SSSR count). The van der Waals surface area contributed by atoms with Crippen LogP contribution in [0.5, 0.6) is 0 Å². The van der Waals surface area contributed by atoms with Crippen LogP contribution in [0.2, 0.25) is 0 Å². The van der Waals surface area contributed by atoms with E-state index in [9.17, 15) is 0 Å². The summed E-state index contributed by atoms with van der Waals surface area (Å²) >= 11 is 5.49. The monoisotopic (exact) mass is 672 g/mol. The Balaban J connectivity index is 1.38. The van der Waals surface area contributed by atoms with Gasteiger partial charge in [-0.05, 0) is 136 Å². The van der Waals surface area contributed by atoms with E-state index in [1.807, 2.05) is 34.0 Å². The first-order valence-electron chi connectivity index (χ1n) is 16.9. The van der Waals surface area contributed by atoms with Crippen molar-refractivity contribution in [2.45, 2.75) is 57.8 Å². The summed E-state index contributed by atoms with van der Waals surface area (Å²) in [5.74, 6) is 0. The Kier molecular flexibility index (Phi) is 5.77. The minimum absolute atomic E-state index is 0.151. The maximum absolute atomic E-state index is 2.51. The minimum atomic E-state index is -0.151. The number of hydrogen-bond donors (Lipinski definition) is 0. The van der Waals surface area contributed by atoms with Crippen LogP contribution in [0.3, 0.4) is 0 Å². The first-order valence-corrected chi connectivity index (χ1v) is 19.5. The largest absolute Gasteiger partial charge is 0.144 e. The van der Waals surface area contributed by atoms with Crippen molar-refractivity contribution in [3.05, 3.63) is 141 Å². The molecule has 0 saturated heterocycles. The molecule has 0 aliphatic heterocycles. The highest BCUT2D eigenvalue weighted by molar-refractivity contribution is 7.14. The standard InChI is InChI=1S/C45H36S3/c1-43(2)31-16-13-25(34-10-7-19-46-34)22-28(31)37-40(43)38-29-23-26(35-11-8-20-47-35)14-17-32(29)44(3,4)42(38)39-30-24-27(36-12-9-21-48-36)15-18-33(30)45(5,6)41(37)39/h7-24H,1-6H3. The lowest BCUT2D eigenvalue weighted by Crippen LogP contribution is -2.22. The zero-order valence-corrected chi connectivity index (χ0v) is 30.6. The SMILES string of the molecule is CC1(C)c2ccc(-c3cccs3)cc2-c2c1c1c(c3c2C(C)(C)c2ccc(-c4cccs4)cc2-3)C(C)(C)c2ccc(-c3cccs3)cc2-1. The zero-order chi connectivity index (χ0) is 32.7. The number of rotatable bonds is 3. The number of fused-ring (bicyclic) bond motifs is 12. The Bertz CT molecular complexity index is 2150. The quantitative estimate of drug-likeness (QED) is 0.175. The second-order valence-electron chi connectivity index (χ2n) is 15.3. The van der Waals surface area contributed by atoms with E-state index < -0.39 is 0 Å². The molecule has 0 bridgehead atoms. The Morgan fingerprint density at radius 3 is 0.917 bits per heavy atom. The van der Waals surface area contributed by atoms with Crippen LogP contribution >= 0.6 is 34.0 Å². The van der Waals surface area contributed by atoms with E-state index >= 15 is 0 Å². The Morgan fingerprint density at radius 2 is 0.667 bits per heavy atom. The number of hydrogen-bond acceptors (Lipinski definition) is 3. The molecule has 0 saturated carbocycles. The molecule has 3 aliphatic rings. The molecule has 4 aromatic carbocycles. The fourth-order valence-corrected chi connectivity index (χ4v) is 11.7. The molecule has 0 nitrogen and oxygen atoms in total. The second-order valence-corrected chi connectivity index (χ2v) is 18.2. The van der Waals surface area contributed by atoms with Gasteiger partial charge in [-0.1, -0.05) is 96.1 Å². The van der Waals surface area contributed by atoms with E-state index in [4.69, 9.17) is 0 Å². The van der Waals surface area contributed by atoms with Crippen molar-refractivity contribution in [2.75, 3.05) is 0 Å². The maximum Gasteiger partial charge on any atom is 0.0342 e. The van der Waals surface area contributed by atoms with Crippen LogP contribution in [-0.4, -0.2) is 0 Å². The van der Waals surface area contributed by atoms with Crippen LogP contribution in [-0.2, 0) is 16.2 Å². The molecule has 48 heavy (non-hydrogen) atoms. The van der Waals surface area contributed by atoms with Crippen molar-refractivity contribution in [2.24, 2.45) is 0 Å².